The van der Waals surface area contributed by atoms with E-state index in [2.05, 4.69) is 15.3 Å². The first-order valence-corrected chi connectivity index (χ1v) is 6.45. The number of hydrogen-bond donors (Lipinski definition) is 1. The first-order chi connectivity index (χ1) is 8.70. The Morgan fingerprint density at radius 3 is 2.53 bits per heavy atom. The predicted octanol–water partition coefficient (Wildman–Crippen LogP) is 2.50. The minimum atomic E-state index is -4.51. The highest BCUT2D eigenvalue weighted by Crippen LogP contribution is 2.29. The monoisotopic (exact) mass is 293 g/mol. The summed E-state index contributed by atoms with van der Waals surface area (Å²) in [6.07, 6.45) is -3.48. The molecule has 1 aromatic heterocycles. The Hall–Kier alpha value is -1.31. The Bertz CT molecular complexity index is 451. The van der Waals surface area contributed by atoms with Crippen LogP contribution in [0.4, 0.5) is 13.2 Å². The lowest BCUT2D eigenvalue weighted by Gasteiger charge is -2.13. The second kappa shape index (κ2) is 6.23. The first-order valence-electron chi connectivity index (χ1n) is 5.57. The zero-order valence-electron chi connectivity index (χ0n) is 10.7. The molecule has 1 rings (SSSR count). The van der Waals surface area contributed by atoms with Crippen LogP contribution in [0.25, 0.3) is 0 Å². The van der Waals surface area contributed by atoms with Crippen molar-refractivity contribution in [1.29, 1.82) is 0 Å². The summed E-state index contributed by atoms with van der Waals surface area (Å²) in [7, 11) is 0. The minimum Gasteiger partial charge on any atom is -0.353 e. The van der Waals surface area contributed by atoms with Crippen LogP contribution in [0.1, 0.15) is 26.5 Å². The molecule has 8 heteroatoms. The van der Waals surface area contributed by atoms with Crippen LogP contribution >= 0.6 is 11.8 Å². The Morgan fingerprint density at radius 1 is 1.37 bits per heavy atom. The van der Waals surface area contributed by atoms with E-state index in [1.165, 1.54) is 0 Å². The van der Waals surface area contributed by atoms with Gasteiger partial charge in [-0.25, -0.2) is 9.97 Å². The molecule has 19 heavy (non-hydrogen) atoms. The third kappa shape index (κ3) is 5.06. The molecule has 0 aliphatic heterocycles. The molecular formula is C11H14F3N3OS. The molecule has 1 aromatic rings. The van der Waals surface area contributed by atoms with Crippen molar-refractivity contribution in [1.82, 2.24) is 15.3 Å². The van der Waals surface area contributed by atoms with Crippen LogP contribution in [0.15, 0.2) is 17.4 Å². The number of thioether (sulfide) groups is 1. The zero-order chi connectivity index (χ0) is 14.6. The fourth-order valence-corrected chi connectivity index (χ4v) is 1.93. The zero-order valence-corrected chi connectivity index (χ0v) is 11.5. The molecule has 0 spiro atoms. The van der Waals surface area contributed by atoms with E-state index in [0.29, 0.717) is 0 Å². The van der Waals surface area contributed by atoms with E-state index < -0.39 is 17.1 Å². The molecule has 1 atom stereocenters. The summed E-state index contributed by atoms with van der Waals surface area (Å²) in [6, 6.07) is 0.765. The lowest BCUT2D eigenvalue weighted by atomic mass is 10.3. The largest absolute Gasteiger partial charge is 0.433 e. The highest BCUT2D eigenvalue weighted by atomic mass is 32.2. The summed E-state index contributed by atoms with van der Waals surface area (Å²) < 4.78 is 37.4. The third-order valence-corrected chi connectivity index (χ3v) is 2.98. The van der Waals surface area contributed by atoms with Crippen molar-refractivity contribution in [3.8, 4) is 0 Å². The fourth-order valence-electron chi connectivity index (χ4n) is 1.17. The molecule has 1 heterocycles. The number of nitrogens with zero attached hydrogens (tertiary/aromatic N) is 2. The molecular weight excluding hydrogens is 279 g/mol. The highest BCUT2D eigenvalue weighted by molar-refractivity contribution is 8.00. The molecule has 0 saturated carbocycles. The maximum Gasteiger partial charge on any atom is 0.433 e. The summed E-state index contributed by atoms with van der Waals surface area (Å²) in [5.74, 6) is -0.263. The lowest BCUT2D eigenvalue weighted by molar-refractivity contribution is -0.141. The molecule has 1 unspecified atom stereocenters. The second-order valence-corrected chi connectivity index (χ2v) is 5.45. The average molecular weight is 293 g/mol. The number of carbonyl (C=O) groups excluding carboxylic acids is 1. The van der Waals surface area contributed by atoms with E-state index in [1.54, 1.807) is 20.8 Å². The van der Waals surface area contributed by atoms with Crippen LogP contribution < -0.4 is 5.32 Å². The van der Waals surface area contributed by atoms with Crippen LogP contribution in [0.3, 0.4) is 0 Å². The van der Waals surface area contributed by atoms with Crippen LogP contribution in [0.2, 0.25) is 0 Å². The predicted molar refractivity (Wildman–Crippen MR) is 65.6 cm³/mol. The number of amides is 1. The van der Waals surface area contributed by atoms with E-state index in [1.807, 2.05) is 0 Å². The molecule has 0 bridgehead atoms. The van der Waals surface area contributed by atoms with Gasteiger partial charge in [-0.3, -0.25) is 4.79 Å². The number of aromatic nitrogens is 2. The topological polar surface area (TPSA) is 54.9 Å². The summed E-state index contributed by atoms with van der Waals surface area (Å²) in [5.41, 5.74) is -1.01. The lowest BCUT2D eigenvalue weighted by Crippen LogP contribution is -2.36. The van der Waals surface area contributed by atoms with Gasteiger partial charge in [-0.05, 0) is 26.8 Å². The van der Waals surface area contributed by atoms with Gasteiger partial charge in [-0.2, -0.15) is 13.2 Å². The van der Waals surface area contributed by atoms with Gasteiger partial charge in [0.25, 0.3) is 0 Å². The molecule has 106 valence electrons. The number of halogens is 3. The quantitative estimate of drug-likeness (QED) is 0.684. The Morgan fingerprint density at radius 2 is 2.00 bits per heavy atom. The van der Waals surface area contributed by atoms with Gasteiger partial charge >= 0.3 is 6.18 Å². The maximum absolute atomic E-state index is 12.5. The van der Waals surface area contributed by atoms with Crippen LogP contribution in [-0.4, -0.2) is 27.2 Å². The summed E-state index contributed by atoms with van der Waals surface area (Å²) in [5, 5.41) is 2.04. The normalized spacial score (nSPS) is 13.4. The highest BCUT2D eigenvalue weighted by Gasteiger charge is 2.33. The van der Waals surface area contributed by atoms with Crippen molar-refractivity contribution in [3.05, 3.63) is 18.0 Å². The van der Waals surface area contributed by atoms with Crippen molar-refractivity contribution < 1.29 is 18.0 Å². The van der Waals surface area contributed by atoms with Crippen LogP contribution in [0, 0.1) is 0 Å². The van der Waals surface area contributed by atoms with Crippen molar-refractivity contribution >= 4 is 17.7 Å². The summed E-state index contributed by atoms with van der Waals surface area (Å²) >= 11 is 0.890. The van der Waals surface area contributed by atoms with Gasteiger partial charge in [0.15, 0.2) is 5.16 Å². The maximum atomic E-state index is 12.5. The molecule has 1 amide bonds. The first kappa shape index (κ1) is 15.7. The van der Waals surface area contributed by atoms with Gasteiger partial charge in [0, 0.05) is 12.2 Å². The smallest absolute Gasteiger partial charge is 0.353 e. The van der Waals surface area contributed by atoms with E-state index in [4.69, 9.17) is 0 Å². The molecule has 0 fully saturated rings. The van der Waals surface area contributed by atoms with Gasteiger partial charge in [-0.1, -0.05) is 11.8 Å². The molecule has 0 aliphatic rings. The fraction of sp³-hybridized carbons (Fsp3) is 0.545. The van der Waals surface area contributed by atoms with Gasteiger partial charge in [-0.15, -0.1) is 0 Å². The van der Waals surface area contributed by atoms with E-state index in [-0.39, 0.29) is 17.1 Å². The van der Waals surface area contributed by atoms with Gasteiger partial charge in [0.1, 0.15) is 5.69 Å². The summed E-state index contributed by atoms with van der Waals surface area (Å²) in [6.45, 7) is 5.19. The second-order valence-electron chi connectivity index (χ2n) is 4.15. The van der Waals surface area contributed by atoms with Crippen molar-refractivity contribution in [2.75, 3.05) is 0 Å². The Kier molecular flexibility index (Phi) is 5.16. The molecule has 0 radical (unpaired) electrons. The molecule has 0 aliphatic carbocycles. The van der Waals surface area contributed by atoms with Crippen molar-refractivity contribution in [3.63, 3.8) is 0 Å². The average Bonchev–Trinajstić information content (AvgIpc) is 2.27. The number of hydrogen-bond acceptors (Lipinski definition) is 4. The van der Waals surface area contributed by atoms with Crippen molar-refractivity contribution in [2.45, 2.75) is 43.4 Å². The van der Waals surface area contributed by atoms with Gasteiger partial charge < -0.3 is 5.32 Å². The van der Waals surface area contributed by atoms with Gasteiger partial charge in [0.2, 0.25) is 5.91 Å². The number of carbonyl (C=O) groups is 1. The molecule has 0 saturated heterocycles. The van der Waals surface area contributed by atoms with Gasteiger partial charge in [0.05, 0.1) is 5.25 Å². The van der Waals surface area contributed by atoms with Crippen molar-refractivity contribution in [2.24, 2.45) is 0 Å². The standard InChI is InChI=1S/C11H14F3N3OS/c1-6(2)16-9(18)7(3)19-10-15-5-4-8(17-10)11(12,13)14/h4-7H,1-3H3,(H,16,18). The van der Waals surface area contributed by atoms with E-state index >= 15 is 0 Å². The number of nitrogens with one attached hydrogen (secondary N) is 1. The van der Waals surface area contributed by atoms with Crippen LogP contribution in [-0.2, 0) is 11.0 Å². The third-order valence-electron chi connectivity index (χ3n) is 2.01. The molecule has 1 N–H and O–H groups in total. The molecule has 0 aromatic carbocycles. The minimum absolute atomic E-state index is 0.0297. The van der Waals surface area contributed by atoms with Crippen LogP contribution in [0.5, 0.6) is 0 Å². The Balaban J connectivity index is 2.75. The Labute approximate surface area is 113 Å². The molecule has 4 nitrogen and oxygen atoms in total. The number of rotatable bonds is 4. The SMILES string of the molecule is CC(C)NC(=O)C(C)Sc1nccc(C(F)(F)F)n1. The van der Waals surface area contributed by atoms with E-state index in [0.717, 1.165) is 24.0 Å². The summed E-state index contributed by atoms with van der Waals surface area (Å²) in [4.78, 5) is 18.7. The van der Waals surface area contributed by atoms with E-state index in [9.17, 15) is 18.0 Å². The number of alkyl halides is 3.